The number of rotatable bonds is 3. The highest BCUT2D eigenvalue weighted by molar-refractivity contribution is 9.10. The van der Waals surface area contributed by atoms with E-state index in [2.05, 4.69) is 21.0 Å². The van der Waals surface area contributed by atoms with Gasteiger partial charge in [0.1, 0.15) is 11.6 Å². The number of benzene rings is 2. The second-order valence-electron chi connectivity index (χ2n) is 4.75. The fourth-order valence-corrected chi connectivity index (χ4v) is 2.55. The molecule has 0 saturated carbocycles. The lowest BCUT2D eigenvalue weighted by molar-refractivity contribution is 0.620. The van der Waals surface area contributed by atoms with Crippen LogP contribution < -0.4 is 5.73 Å². The van der Waals surface area contributed by atoms with Crippen LogP contribution >= 0.6 is 15.9 Å². The van der Waals surface area contributed by atoms with E-state index in [1.54, 1.807) is 10.7 Å². The van der Waals surface area contributed by atoms with Crippen molar-refractivity contribution in [3.05, 3.63) is 70.5 Å². The van der Waals surface area contributed by atoms with Gasteiger partial charge in [0, 0.05) is 16.1 Å². The first-order chi connectivity index (χ1) is 10.1. The van der Waals surface area contributed by atoms with Crippen LogP contribution in [0.3, 0.4) is 0 Å². The van der Waals surface area contributed by atoms with Gasteiger partial charge in [0.25, 0.3) is 0 Å². The van der Waals surface area contributed by atoms with Gasteiger partial charge in [-0.2, -0.15) is 5.10 Å². The summed E-state index contributed by atoms with van der Waals surface area (Å²) in [6.07, 6.45) is 0. The number of nitrogen functional groups attached to an aromatic ring is 1. The molecular weight excluding hydrogens is 333 g/mol. The van der Waals surface area contributed by atoms with Gasteiger partial charge in [0.05, 0.1) is 12.2 Å². The summed E-state index contributed by atoms with van der Waals surface area (Å²) in [5.74, 6) is 0.291. The van der Waals surface area contributed by atoms with Crippen LogP contribution in [0, 0.1) is 5.82 Å². The first-order valence-electron chi connectivity index (χ1n) is 6.45. The van der Waals surface area contributed by atoms with Crippen molar-refractivity contribution in [3.8, 4) is 11.3 Å². The van der Waals surface area contributed by atoms with E-state index in [9.17, 15) is 4.39 Å². The number of hydrogen-bond donors (Lipinski definition) is 1. The first kappa shape index (κ1) is 13.8. The van der Waals surface area contributed by atoms with Gasteiger partial charge in [-0.1, -0.05) is 40.2 Å². The molecular formula is C16H13BrFN3. The minimum absolute atomic E-state index is 0.259. The van der Waals surface area contributed by atoms with E-state index < -0.39 is 0 Å². The van der Waals surface area contributed by atoms with Gasteiger partial charge in [-0.05, 0) is 29.8 Å². The molecule has 0 aliphatic rings. The molecule has 3 nitrogen and oxygen atoms in total. The van der Waals surface area contributed by atoms with Gasteiger partial charge < -0.3 is 5.73 Å². The summed E-state index contributed by atoms with van der Waals surface area (Å²) in [5.41, 5.74) is 8.60. The predicted octanol–water partition coefficient (Wildman–Crippen LogP) is 4.08. The van der Waals surface area contributed by atoms with E-state index in [0.29, 0.717) is 12.4 Å². The molecule has 21 heavy (non-hydrogen) atoms. The van der Waals surface area contributed by atoms with Crippen LogP contribution in [-0.2, 0) is 6.54 Å². The number of aromatic nitrogens is 2. The van der Waals surface area contributed by atoms with Crippen LogP contribution in [-0.4, -0.2) is 9.78 Å². The summed E-state index contributed by atoms with van der Waals surface area (Å²) in [5, 5.41) is 4.49. The highest BCUT2D eigenvalue weighted by Crippen LogP contribution is 2.24. The summed E-state index contributed by atoms with van der Waals surface area (Å²) in [7, 11) is 0. The highest BCUT2D eigenvalue weighted by atomic mass is 79.9. The third-order valence-corrected chi connectivity index (χ3v) is 3.65. The van der Waals surface area contributed by atoms with Gasteiger partial charge in [-0.15, -0.1) is 0 Å². The third kappa shape index (κ3) is 3.13. The van der Waals surface area contributed by atoms with Crippen LogP contribution in [0.5, 0.6) is 0 Å². The molecule has 0 fully saturated rings. The SMILES string of the molecule is Nc1cc(-c2cccc(Br)c2)nn1Cc1cccc(F)c1. The second kappa shape index (κ2) is 5.69. The normalized spacial score (nSPS) is 10.8. The molecule has 0 aliphatic heterocycles. The number of hydrogen-bond acceptors (Lipinski definition) is 2. The Kier molecular flexibility index (Phi) is 3.75. The maximum absolute atomic E-state index is 13.2. The number of anilines is 1. The number of nitrogens with zero attached hydrogens (tertiary/aromatic N) is 2. The molecule has 106 valence electrons. The summed E-state index contributed by atoms with van der Waals surface area (Å²) >= 11 is 3.44. The van der Waals surface area contributed by atoms with Crippen LogP contribution in [0.15, 0.2) is 59.1 Å². The Morgan fingerprint density at radius 3 is 2.67 bits per heavy atom. The molecule has 2 aromatic carbocycles. The second-order valence-corrected chi connectivity index (χ2v) is 5.67. The third-order valence-electron chi connectivity index (χ3n) is 3.15. The predicted molar refractivity (Wildman–Crippen MR) is 85.3 cm³/mol. The molecule has 0 radical (unpaired) electrons. The molecule has 2 N–H and O–H groups in total. The summed E-state index contributed by atoms with van der Waals surface area (Å²) in [6.45, 7) is 0.442. The highest BCUT2D eigenvalue weighted by Gasteiger charge is 2.08. The average Bonchev–Trinajstić information content (AvgIpc) is 2.80. The van der Waals surface area contributed by atoms with Crippen LogP contribution in [0.4, 0.5) is 10.2 Å². The van der Waals surface area contributed by atoms with Crippen molar-refractivity contribution in [1.82, 2.24) is 9.78 Å². The lowest BCUT2D eigenvalue weighted by atomic mass is 10.2. The maximum atomic E-state index is 13.2. The lowest BCUT2D eigenvalue weighted by Crippen LogP contribution is -2.05. The molecule has 1 heterocycles. The molecule has 3 aromatic rings. The van der Waals surface area contributed by atoms with E-state index in [1.807, 2.05) is 36.4 Å². The Hall–Kier alpha value is -2.14. The Bertz CT molecular complexity index is 783. The van der Waals surface area contributed by atoms with Gasteiger partial charge in [-0.3, -0.25) is 0 Å². The smallest absolute Gasteiger partial charge is 0.123 e. The summed E-state index contributed by atoms with van der Waals surface area (Å²) < 4.78 is 15.9. The van der Waals surface area contributed by atoms with Crippen molar-refractivity contribution >= 4 is 21.7 Å². The van der Waals surface area contributed by atoms with Gasteiger partial charge in [-0.25, -0.2) is 9.07 Å². The molecule has 0 saturated heterocycles. The van der Waals surface area contributed by atoms with E-state index in [4.69, 9.17) is 5.73 Å². The van der Waals surface area contributed by atoms with Crippen LogP contribution in [0.2, 0.25) is 0 Å². The van der Waals surface area contributed by atoms with Crippen LogP contribution in [0.25, 0.3) is 11.3 Å². The molecule has 5 heteroatoms. The Morgan fingerprint density at radius 2 is 1.90 bits per heavy atom. The molecule has 0 spiro atoms. The van der Waals surface area contributed by atoms with E-state index in [0.717, 1.165) is 21.3 Å². The topological polar surface area (TPSA) is 43.8 Å². The fraction of sp³-hybridized carbons (Fsp3) is 0.0625. The standard InChI is InChI=1S/C16H13BrFN3/c17-13-5-2-4-12(8-13)15-9-16(19)21(20-15)10-11-3-1-6-14(18)7-11/h1-9H,10,19H2. The number of nitrogens with two attached hydrogens (primary N) is 1. The Balaban J connectivity index is 1.91. The monoisotopic (exact) mass is 345 g/mol. The Morgan fingerprint density at radius 1 is 1.10 bits per heavy atom. The molecule has 0 aliphatic carbocycles. The molecule has 0 atom stereocenters. The molecule has 0 unspecified atom stereocenters. The Labute approximate surface area is 130 Å². The minimum Gasteiger partial charge on any atom is -0.384 e. The lowest BCUT2D eigenvalue weighted by Gasteiger charge is -2.04. The maximum Gasteiger partial charge on any atom is 0.123 e. The van der Waals surface area contributed by atoms with E-state index >= 15 is 0 Å². The molecule has 1 aromatic heterocycles. The zero-order valence-electron chi connectivity index (χ0n) is 11.1. The average molecular weight is 346 g/mol. The molecule has 3 rings (SSSR count). The van der Waals surface area contributed by atoms with Gasteiger partial charge in [0.2, 0.25) is 0 Å². The minimum atomic E-state index is -0.259. The zero-order valence-corrected chi connectivity index (χ0v) is 12.7. The van der Waals surface area contributed by atoms with Gasteiger partial charge >= 0.3 is 0 Å². The first-order valence-corrected chi connectivity index (χ1v) is 7.25. The fourth-order valence-electron chi connectivity index (χ4n) is 2.16. The van der Waals surface area contributed by atoms with E-state index in [1.165, 1.54) is 12.1 Å². The largest absolute Gasteiger partial charge is 0.384 e. The van der Waals surface area contributed by atoms with Crippen LogP contribution in [0.1, 0.15) is 5.56 Å². The zero-order chi connectivity index (χ0) is 14.8. The van der Waals surface area contributed by atoms with Gasteiger partial charge in [0.15, 0.2) is 0 Å². The quantitative estimate of drug-likeness (QED) is 0.777. The summed E-state index contributed by atoms with van der Waals surface area (Å²) in [4.78, 5) is 0. The molecule has 0 amide bonds. The van der Waals surface area contributed by atoms with Crippen molar-refractivity contribution in [1.29, 1.82) is 0 Å². The van der Waals surface area contributed by atoms with Crippen molar-refractivity contribution in [2.45, 2.75) is 6.54 Å². The van der Waals surface area contributed by atoms with Crippen molar-refractivity contribution in [3.63, 3.8) is 0 Å². The summed E-state index contributed by atoms with van der Waals surface area (Å²) in [6, 6.07) is 16.1. The van der Waals surface area contributed by atoms with Crippen molar-refractivity contribution in [2.75, 3.05) is 5.73 Å². The van der Waals surface area contributed by atoms with Crippen molar-refractivity contribution < 1.29 is 4.39 Å². The number of halogens is 2. The molecule has 0 bridgehead atoms. The van der Waals surface area contributed by atoms with Crippen molar-refractivity contribution in [2.24, 2.45) is 0 Å². The van der Waals surface area contributed by atoms with E-state index in [-0.39, 0.29) is 5.82 Å².